The van der Waals surface area contributed by atoms with Gasteiger partial charge in [0.25, 0.3) is 0 Å². The first-order valence-electron chi connectivity index (χ1n) is 10.5. The predicted molar refractivity (Wildman–Crippen MR) is 112 cm³/mol. The molecule has 2 bridgehead atoms. The summed E-state index contributed by atoms with van der Waals surface area (Å²) in [6.07, 6.45) is 8.53. The number of carbonyl (C=O) groups is 2. The van der Waals surface area contributed by atoms with Crippen LogP contribution in [0.4, 0.5) is 0 Å². The summed E-state index contributed by atoms with van der Waals surface area (Å²) in [5.41, 5.74) is 11.0. The molecule has 1 aromatic carbocycles. The fourth-order valence-electron chi connectivity index (χ4n) is 7.54. The van der Waals surface area contributed by atoms with E-state index in [-0.39, 0.29) is 29.3 Å². The normalized spacial score (nSPS) is 41.6. The van der Waals surface area contributed by atoms with Crippen molar-refractivity contribution in [3.05, 3.63) is 46.5 Å². The Bertz CT molecular complexity index is 901. The van der Waals surface area contributed by atoms with Gasteiger partial charge < -0.3 is 16.6 Å². The lowest BCUT2D eigenvalue weighted by Crippen LogP contribution is -2.65. The van der Waals surface area contributed by atoms with Crippen LogP contribution < -0.4 is 11.5 Å². The van der Waals surface area contributed by atoms with Crippen LogP contribution >= 0.6 is 15.9 Å². The Morgan fingerprint density at radius 1 is 0.931 bits per heavy atom. The van der Waals surface area contributed by atoms with E-state index in [1.54, 1.807) is 0 Å². The maximum Gasteiger partial charge on any atom is 0.229 e. The van der Waals surface area contributed by atoms with Crippen molar-refractivity contribution in [2.45, 2.75) is 50.0 Å². The van der Waals surface area contributed by atoms with E-state index in [4.69, 9.17) is 11.5 Å². The number of allylic oxidation sites excluding steroid dienone is 2. The van der Waals surface area contributed by atoms with E-state index in [9.17, 15) is 14.7 Å². The van der Waals surface area contributed by atoms with E-state index in [0.717, 1.165) is 22.9 Å². The van der Waals surface area contributed by atoms with Crippen LogP contribution in [0.3, 0.4) is 0 Å². The number of primary amides is 2. The fraction of sp³-hybridized carbons (Fsp3) is 0.565. The molecule has 0 heterocycles. The van der Waals surface area contributed by atoms with Crippen molar-refractivity contribution in [3.63, 3.8) is 0 Å². The van der Waals surface area contributed by atoms with Gasteiger partial charge in [0.15, 0.2) is 0 Å². The Kier molecular flexibility index (Phi) is 4.11. The molecule has 0 saturated heterocycles. The van der Waals surface area contributed by atoms with Crippen molar-refractivity contribution in [2.24, 2.45) is 40.1 Å². The number of aliphatic hydroxyl groups excluding tert-OH is 1. The summed E-state index contributed by atoms with van der Waals surface area (Å²) in [5.74, 6) is -1.12. The van der Waals surface area contributed by atoms with Crippen LogP contribution in [0.5, 0.6) is 0 Å². The minimum Gasteiger partial charge on any atom is -0.393 e. The molecule has 3 fully saturated rings. The number of hydrogen-bond acceptors (Lipinski definition) is 3. The third-order valence-electron chi connectivity index (χ3n) is 8.61. The van der Waals surface area contributed by atoms with Gasteiger partial charge in [0, 0.05) is 10.4 Å². The molecule has 1 spiro atoms. The summed E-state index contributed by atoms with van der Waals surface area (Å²) in [4.78, 5) is 26.9. The number of rotatable bonds is 4. The van der Waals surface area contributed by atoms with Crippen molar-refractivity contribution in [3.8, 4) is 0 Å². The van der Waals surface area contributed by atoms with Gasteiger partial charge >= 0.3 is 0 Å². The molecule has 4 aliphatic carbocycles. The van der Waals surface area contributed by atoms with Gasteiger partial charge in [-0.15, -0.1) is 0 Å². The van der Waals surface area contributed by atoms with Gasteiger partial charge in [-0.05, 0) is 73.5 Å². The second-order valence-electron chi connectivity index (χ2n) is 9.49. The summed E-state index contributed by atoms with van der Waals surface area (Å²) >= 11 is 3.48. The third-order valence-corrected chi connectivity index (χ3v) is 9.14. The molecule has 5 rings (SSSR count). The van der Waals surface area contributed by atoms with Gasteiger partial charge in [0.05, 0.1) is 16.9 Å². The van der Waals surface area contributed by atoms with Gasteiger partial charge in [-0.1, -0.05) is 40.2 Å². The van der Waals surface area contributed by atoms with Gasteiger partial charge in [0.1, 0.15) is 0 Å². The van der Waals surface area contributed by atoms with Crippen LogP contribution in [0, 0.1) is 28.6 Å². The van der Waals surface area contributed by atoms with Gasteiger partial charge in [-0.3, -0.25) is 9.59 Å². The van der Waals surface area contributed by atoms with E-state index >= 15 is 0 Å². The van der Waals surface area contributed by atoms with Crippen molar-refractivity contribution >= 4 is 27.7 Å². The zero-order chi connectivity index (χ0) is 20.6. The maximum absolute atomic E-state index is 13.5. The van der Waals surface area contributed by atoms with Crippen molar-refractivity contribution in [2.75, 3.05) is 0 Å². The second-order valence-corrected chi connectivity index (χ2v) is 10.4. The van der Waals surface area contributed by atoms with E-state index in [1.807, 2.05) is 24.3 Å². The zero-order valence-electron chi connectivity index (χ0n) is 16.3. The third kappa shape index (κ3) is 2.14. The zero-order valence-corrected chi connectivity index (χ0v) is 17.9. The Balaban J connectivity index is 1.80. The highest BCUT2D eigenvalue weighted by Crippen LogP contribution is 2.82. The number of carbonyl (C=O) groups excluding carboxylic acids is 2. The molecule has 29 heavy (non-hydrogen) atoms. The molecular weight excluding hydrogens is 432 g/mol. The molecule has 2 amide bonds. The molecule has 5 N–H and O–H groups in total. The second kappa shape index (κ2) is 6.17. The summed E-state index contributed by atoms with van der Waals surface area (Å²) in [6.45, 7) is 0. The maximum atomic E-state index is 13.5. The molecule has 0 radical (unpaired) electrons. The van der Waals surface area contributed by atoms with Crippen LogP contribution in [0.15, 0.2) is 40.9 Å². The van der Waals surface area contributed by atoms with E-state index in [0.29, 0.717) is 25.7 Å². The Hall–Kier alpha value is -1.66. The highest BCUT2D eigenvalue weighted by molar-refractivity contribution is 9.10. The van der Waals surface area contributed by atoms with Crippen LogP contribution in [-0.4, -0.2) is 23.0 Å². The highest BCUT2D eigenvalue weighted by Gasteiger charge is 2.84. The van der Waals surface area contributed by atoms with Crippen molar-refractivity contribution < 1.29 is 14.7 Å². The van der Waals surface area contributed by atoms with Gasteiger partial charge in [0.2, 0.25) is 11.8 Å². The Labute approximate surface area is 179 Å². The van der Waals surface area contributed by atoms with E-state index in [2.05, 4.69) is 28.1 Å². The molecule has 4 atom stereocenters. The first-order chi connectivity index (χ1) is 13.8. The van der Waals surface area contributed by atoms with E-state index in [1.165, 1.54) is 0 Å². The summed E-state index contributed by atoms with van der Waals surface area (Å²) in [7, 11) is 0. The predicted octanol–water partition coefficient (Wildman–Crippen LogP) is 2.79. The number of nitrogens with two attached hydrogens (primary N) is 2. The van der Waals surface area contributed by atoms with Crippen LogP contribution in [0.1, 0.15) is 44.1 Å². The number of benzene rings is 1. The number of halogens is 1. The average molecular weight is 459 g/mol. The highest BCUT2D eigenvalue weighted by atomic mass is 79.9. The number of aliphatic hydroxyl groups is 1. The lowest BCUT2D eigenvalue weighted by atomic mass is 9.47. The molecule has 6 heteroatoms. The van der Waals surface area contributed by atoms with Crippen LogP contribution in [0.25, 0.3) is 0 Å². The Morgan fingerprint density at radius 2 is 1.52 bits per heavy atom. The topological polar surface area (TPSA) is 106 Å². The molecule has 3 saturated carbocycles. The number of hydrogen-bond donors (Lipinski definition) is 3. The summed E-state index contributed by atoms with van der Waals surface area (Å²) < 4.78 is 0.908. The molecule has 154 valence electrons. The van der Waals surface area contributed by atoms with Crippen molar-refractivity contribution in [1.29, 1.82) is 0 Å². The SMILES string of the molecule is NC(=O)[C@]1(C2CCC(O)CC2)[C@@H]2C=C[C@@H](C23CC3)[C@@]1(C(N)=O)c1ccc(Br)cc1. The van der Waals surface area contributed by atoms with Crippen LogP contribution in [-0.2, 0) is 15.0 Å². The van der Waals surface area contributed by atoms with Crippen molar-refractivity contribution in [1.82, 2.24) is 0 Å². The summed E-state index contributed by atoms with van der Waals surface area (Å²) in [6, 6.07) is 7.67. The number of amides is 2. The largest absolute Gasteiger partial charge is 0.393 e. The quantitative estimate of drug-likeness (QED) is 0.603. The lowest BCUT2D eigenvalue weighted by molar-refractivity contribution is -0.150. The Morgan fingerprint density at radius 3 is 2.03 bits per heavy atom. The standard InChI is InChI=1S/C23H27BrN2O3/c24-15-5-1-13(2-6-15)22(19(25)28)17-9-10-18(21(17)11-12-21)23(22,20(26)29)14-3-7-16(27)8-4-14/h1-2,5-6,9-10,14,16-18,27H,3-4,7-8,11-12H2,(H2,25,28)(H2,26,29)/t14?,16?,17-,18+,22+,23-/m0/s1. The first-order valence-corrected chi connectivity index (χ1v) is 11.3. The molecule has 5 nitrogen and oxygen atoms in total. The molecule has 4 aliphatic rings. The smallest absolute Gasteiger partial charge is 0.229 e. The molecule has 0 aromatic heterocycles. The minimum atomic E-state index is -1.15. The fourth-order valence-corrected chi connectivity index (χ4v) is 7.80. The average Bonchev–Trinajstić information content (AvgIpc) is 3.35. The molecule has 0 aliphatic heterocycles. The monoisotopic (exact) mass is 458 g/mol. The first kappa shape index (κ1) is 19.3. The van der Waals surface area contributed by atoms with Gasteiger partial charge in [-0.2, -0.15) is 0 Å². The van der Waals surface area contributed by atoms with Crippen LogP contribution in [0.2, 0.25) is 0 Å². The van der Waals surface area contributed by atoms with E-state index < -0.39 is 22.6 Å². The minimum absolute atomic E-state index is 0.0722. The summed E-state index contributed by atoms with van der Waals surface area (Å²) in [5, 5.41) is 10.1. The molecule has 1 aromatic rings. The lowest BCUT2D eigenvalue weighted by Gasteiger charge is -2.53. The molecule has 0 unspecified atom stereocenters. The van der Waals surface area contributed by atoms with Gasteiger partial charge in [-0.25, -0.2) is 0 Å². The molecular formula is C23H27BrN2O3.